The first-order valence-corrected chi connectivity index (χ1v) is 5.40. The van der Waals surface area contributed by atoms with E-state index in [-0.39, 0.29) is 0 Å². The van der Waals surface area contributed by atoms with Gasteiger partial charge in [0.05, 0.1) is 0 Å². The molecule has 0 saturated heterocycles. The van der Waals surface area contributed by atoms with Crippen LogP contribution in [-0.2, 0) is 0 Å². The molecule has 4 heteroatoms. The smallest absolute Gasteiger partial charge is 0.0402 e. The van der Waals surface area contributed by atoms with E-state index in [0.717, 1.165) is 52.1 Å². The summed E-state index contributed by atoms with van der Waals surface area (Å²) in [7, 11) is 0. The van der Waals surface area contributed by atoms with E-state index in [9.17, 15) is 0 Å². The predicted octanol–water partition coefficient (Wildman–Crippen LogP) is 0.101. The molecule has 0 fully saturated rings. The minimum atomic E-state index is 0.895. The molecule has 1 rings (SSSR count). The van der Waals surface area contributed by atoms with Gasteiger partial charge in [-0.25, -0.2) is 0 Å². The van der Waals surface area contributed by atoms with Crippen molar-refractivity contribution in [2.75, 3.05) is 39.3 Å². The molecule has 0 aromatic heterocycles. The topological polar surface area (TPSA) is 48.8 Å². The third kappa shape index (κ3) is 6.74. The van der Waals surface area contributed by atoms with Crippen molar-refractivity contribution in [3.63, 3.8) is 0 Å². The molecule has 0 aliphatic carbocycles. The highest BCUT2D eigenvalue weighted by Gasteiger charge is 1.89. The van der Waals surface area contributed by atoms with Gasteiger partial charge in [0.2, 0.25) is 0 Å². The van der Waals surface area contributed by atoms with Crippen LogP contribution in [0, 0.1) is 0 Å². The van der Waals surface area contributed by atoms with E-state index in [4.69, 9.17) is 0 Å². The summed E-state index contributed by atoms with van der Waals surface area (Å²) in [6, 6.07) is 0. The minimum Gasteiger partial charge on any atom is -0.315 e. The molecule has 0 saturated carbocycles. The Kier molecular flexibility index (Phi) is 7.16. The fourth-order valence-corrected chi connectivity index (χ4v) is 1.26. The first-order chi connectivity index (χ1) is 7.00. The van der Waals surface area contributed by atoms with Crippen molar-refractivity contribution in [2.45, 2.75) is 12.8 Å². The Morgan fingerprint density at radius 2 is 1.21 bits per heavy atom. The van der Waals surface area contributed by atoms with Gasteiger partial charge in [-0.15, -0.1) is 0 Å². The van der Waals surface area contributed by atoms with E-state index in [1.54, 1.807) is 12.4 Å². The van der Waals surface area contributed by atoms with Crippen LogP contribution < -0.4 is 10.6 Å². The molecule has 0 aromatic carbocycles. The Balaban J connectivity index is 2.17. The van der Waals surface area contributed by atoms with Gasteiger partial charge in [-0.05, 0) is 25.9 Å². The number of aliphatic imine (C=N–C) groups is 2. The van der Waals surface area contributed by atoms with Crippen molar-refractivity contribution in [2.24, 2.45) is 9.98 Å². The predicted molar refractivity (Wildman–Crippen MR) is 61.7 cm³/mol. The summed E-state index contributed by atoms with van der Waals surface area (Å²) in [5.41, 5.74) is 0. The molecule has 14 heavy (non-hydrogen) atoms. The van der Waals surface area contributed by atoms with Crippen LogP contribution in [0.5, 0.6) is 0 Å². The van der Waals surface area contributed by atoms with Crippen LogP contribution in [0.15, 0.2) is 9.98 Å². The highest BCUT2D eigenvalue weighted by atomic mass is 14.9. The van der Waals surface area contributed by atoms with Gasteiger partial charge in [-0.1, -0.05) is 0 Å². The quantitative estimate of drug-likeness (QED) is 0.577. The molecule has 4 nitrogen and oxygen atoms in total. The van der Waals surface area contributed by atoms with Gasteiger partial charge in [0.25, 0.3) is 0 Å². The van der Waals surface area contributed by atoms with Gasteiger partial charge in [-0.3, -0.25) is 9.98 Å². The standard InChI is InChI=1S/C10H20N4/c1-3-11-7-9-13-5-2-6-14-10-8-12-4-1/h7,9,12,14H,1-6,8,10H2. The second-order valence-electron chi connectivity index (χ2n) is 3.32. The minimum absolute atomic E-state index is 0.895. The second kappa shape index (κ2) is 8.84. The second-order valence-corrected chi connectivity index (χ2v) is 3.32. The van der Waals surface area contributed by atoms with E-state index in [1.165, 1.54) is 0 Å². The Morgan fingerprint density at radius 1 is 0.714 bits per heavy atom. The SMILES string of the molecule is C1=NCCCNCCNCCCN=C1. The highest BCUT2D eigenvalue weighted by Crippen LogP contribution is 1.80. The summed E-state index contributed by atoms with van der Waals surface area (Å²) in [4.78, 5) is 8.46. The number of nitrogens with zero attached hydrogens (tertiary/aromatic N) is 2. The zero-order valence-corrected chi connectivity index (χ0v) is 8.71. The molecule has 80 valence electrons. The van der Waals surface area contributed by atoms with Crippen LogP contribution in [0.3, 0.4) is 0 Å². The Labute approximate surface area is 85.9 Å². The zero-order valence-electron chi connectivity index (χ0n) is 8.71. The molecule has 0 aromatic rings. The Bertz CT molecular complexity index is 157. The van der Waals surface area contributed by atoms with Crippen molar-refractivity contribution in [1.82, 2.24) is 10.6 Å². The van der Waals surface area contributed by atoms with Crippen molar-refractivity contribution < 1.29 is 0 Å². The maximum absolute atomic E-state index is 4.23. The summed E-state index contributed by atoms with van der Waals surface area (Å²) in [5.74, 6) is 0. The normalized spacial score (nSPS) is 21.7. The lowest BCUT2D eigenvalue weighted by atomic mass is 10.4. The third-order valence-electron chi connectivity index (χ3n) is 2.04. The summed E-state index contributed by atoms with van der Waals surface area (Å²) in [6.07, 6.45) is 5.81. The van der Waals surface area contributed by atoms with Crippen molar-refractivity contribution in [3.8, 4) is 0 Å². The number of rotatable bonds is 0. The lowest BCUT2D eigenvalue weighted by Crippen LogP contribution is -2.29. The van der Waals surface area contributed by atoms with Gasteiger partial charge in [-0.2, -0.15) is 0 Å². The fraction of sp³-hybridized carbons (Fsp3) is 0.800. The molecule has 2 N–H and O–H groups in total. The maximum atomic E-state index is 4.23. The zero-order chi connectivity index (χ0) is 9.90. The summed E-state index contributed by atoms with van der Waals surface area (Å²) >= 11 is 0. The lowest BCUT2D eigenvalue weighted by Gasteiger charge is -2.05. The van der Waals surface area contributed by atoms with Crippen LogP contribution in [0.2, 0.25) is 0 Å². The van der Waals surface area contributed by atoms with Gasteiger partial charge >= 0.3 is 0 Å². The van der Waals surface area contributed by atoms with E-state index in [2.05, 4.69) is 20.6 Å². The number of nitrogens with one attached hydrogen (secondary N) is 2. The fourth-order valence-electron chi connectivity index (χ4n) is 1.26. The number of hydrogen-bond acceptors (Lipinski definition) is 4. The van der Waals surface area contributed by atoms with Crippen LogP contribution in [0.1, 0.15) is 12.8 Å². The third-order valence-corrected chi connectivity index (χ3v) is 2.04. The van der Waals surface area contributed by atoms with Gasteiger partial charge in [0.15, 0.2) is 0 Å². The van der Waals surface area contributed by atoms with E-state index in [1.807, 2.05) is 0 Å². The van der Waals surface area contributed by atoms with E-state index < -0.39 is 0 Å². The monoisotopic (exact) mass is 196 g/mol. The van der Waals surface area contributed by atoms with Crippen molar-refractivity contribution in [1.29, 1.82) is 0 Å². The average Bonchev–Trinajstić information content (AvgIpc) is 2.22. The summed E-state index contributed by atoms with van der Waals surface area (Å²) < 4.78 is 0. The molecule has 1 aliphatic rings. The largest absolute Gasteiger partial charge is 0.315 e. The van der Waals surface area contributed by atoms with Gasteiger partial charge in [0, 0.05) is 38.6 Å². The highest BCUT2D eigenvalue weighted by molar-refractivity contribution is 6.15. The molecule has 1 aliphatic heterocycles. The van der Waals surface area contributed by atoms with Crippen LogP contribution in [-0.4, -0.2) is 51.7 Å². The van der Waals surface area contributed by atoms with Crippen LogP contribution in [0.25, 0.3) is 0 Å². The van der Waals surface area contributed by atoms with Crippen LogP contribution >= 0.6 is 0 Å². The van der Waals surface area contributed by atoms with E-state index in [0.29, 0.717) is 0 Å². The molecule has 0 unspecified atom stereocenters. The molecule has 0 atom stereocenters. The van der Waals surface area contributed by atoms with E-state index >= 15 is 0 Å². The number of hydrogen-bond donors (Lipinski definition) is 2. The molecular formula is C10H20N4. The average molecular weight is 196 g/mol. The Hall–Kier alpha value is -0.740. The van der Waals surface area contributed by atoms with Crippen molar-refractivity contribution >= 4 is 12.4 Å². The first kappa shape index (κ1) is 11.3. The maximum Gasteiger partial charge on any atom is 0.0402 e. The molecule has 1 heterocycles. The van der Waals surface area contributed by atoms with Crippen LogP contribution in [0.4, 0.5) is 0 Å². The first-order valence-electron chi connectivity index (χ1n) is 5.40. The van der Waals surface area contributed by atoms with Crippen molar-refractivity contribution in [3.05, 3.63) is 0 Å². The molecule has 0 amide bonds. The molecule has 0 radical (unpaired) electrons. The Morgan fingerprint density at radius 3 is 1.71 bits per heavy atom. The summed E-state index contributed by atoms with van der Waals surface area (Å²) in [5, 5.41) is 6.74. The molecule has 0 spiro atoms. The van der Waals surface area contributed by atoms with Gasteiger partial charge in [0.1, 0.15) is 0 Å². The summed E-state index contributed by atoms with van der Waals surface area (Å²) in [6.45, 7) is 5.99. The lowest BCUT2D eigenvalue weighted by molar-refractivity contribution is 0.590. The molecule has 0 bridgehead atoms. The molecular weight excluding hydrogens is 176 g/mol. The van der Waals surface area contributed by atoms with Gasteiger partial charge < -0.3 is 10.6 Å².